The molecule has 0 bridgehead atoms. The monoisotopic (exact) mass is 300 g/mol. The zero-order valence-electron chi connectivity index (χ0n) is 10.5. The Morgan fingerprint density at radius 3 is 2.75 bits per heavy atom. The van der Waals surface area contributed by atoms with Crippen molar-refractivity contribution < 1.29 is 24.6 Å². The Bertz CT molecular complexity index is 639. The van der Waals surface area contributed by atoms with Gasteiger partial charge in [0.15, 0.2) is 0 Å². The Morgan fingerprint density at radius 2 is 2.15 bits per heavy atom. The second-order valence-electron chi connectivity index (χ2n) is 4.00. The van der Waals surface area contributed by atoms with Gasteiger partial charge in [-0.15, -0.1) is 4.73 Å². The number of aromatic nitrogens is 1. The third-order valence-corrected chi connectivity index (χ3v) is 3.78. The molecule has 0 spiro atoms. The Hall–Kier alpha value is -2.16. The Morgan fingerprint density at radius 1 is 1.45 bits per heavy atom. The molecule has 2 heterocycles. The van der Waals surface area contributed by atoms with E-state index in [1.54, 1.807) is 0 Å². The summed E-state index contributed by atoms with van der Waals surface area (Å²) in [6.45, 7) is -0.642. The summed E-state index contributed by atoms with van der Waals surface area (Å²) in [6, 6.07) is 0. The molecular weight excluding hydrogens is 288 g/mol. The average molecular weight is 300 g/mol. The van der Waals surface area contributed by atoms with Gasteiger partial charge in [-0.25, -0.2) is 0 Å². The van der Waals surface area contributed by atoms with Crippen LogP contribution in [0, 0.1) is 0 Å². The maximum absolute atomic E-state index is 12.1. The minimum absolute atomic E-state index is 0.411. The lowest BCUT2D eigenvalue weighted by Crippen LogP contribution is -2.38. The molecule has 9 heteroatoms. The minimum atomic E-state index is -1.25. The molecule has 0 atom stereocenters. The second kappa shape index (κ2) is 5.45. The van der Waals surface area contributed by atoms with Crippen molar-refractivity contribution in [1.82, 2.24) is 10.0 Å². The van der Waals surface area contributed by atoms with E-state index in [1.807, 2.05) is 5.32 Å². The van der Waals surface area contributed by atoms with Crippen molar-refractivity contribution in [2.75, 3.05) is 13.7 Å². The van der Waals surface area contributed by atoms with Crippen LogP contribution in [0.15, 0.2) is 4.79 Å². The van der Waals surface area contributed by atoms with E-state index < -0.39 is 35.3 Å². The molecule has 2 rings (SSSR count). The van der Waals surface area contributed by atoms with E-state index in [9.17, 15) is 19.5 Å². The molecule has 1 aliphatic rings. The lowest BCUT2D eigenvalue weighted by atomic mass is 10.1. The Balaban J connectivity index is 2.51. The van der Waals surface area contributed by atoms with E-state index in [0.717, 1.165) is 4.73 Å². The third kappa shape index (κ3) is 2.31. The van der Waals surface area contributed by atoms with Crippen molar-refractivity contribution in [3.05, 3.63) is 27.2 Å². The molecule has 0 fully saturated rings. The quantitative estimate of drug-likeness (QED) is 0.664. The summed E-state index contributed by atoms with van der Waals surface area (Å²) in [7, 11) is 1.28. The van der Waals surface area contributed by atoms with Gasteiger partial charge in [0, 0.05) is 17.1 Å². The van der Waals surface area contributed by atoms with Crippen molar-refractivity contribution in [3.63, 3.8) is 0 Å². The van der Waals surface area contributed by atoms with Crippen LogP contribution < -0.4 is 15.7 Å². The number of carbonyl (C=O) groups excluding carboxylic acids is 1. The summed E-state index contributed by atoms with van der Waals surface area (Å²) in [5, 5.41) is 20.6. The number of hydrogen-bond donors (Lipinski definition) is 3. The van der Waals surface area contributed by atoms with E-state index in [4.69, 9.17) is 9.94 Å². The SMILES string of the molecule is COn1c2c(c(O)c(C(=O)NCC(=O)O)c1=O)CSC2. The Labute approximate surface area is 117 Å². The molecule has 1 aromatic heterocycles. The normalized spacial score (nSPS) is 12.8. The molecule has 8 nitrogen and oxygen atoms in total. The van der Waals surface area contributed by atoms with Crippen molar-refractivity contribution in [1.29, 1.82) is 0 Å². The van der Waals surface area contributed by atoms with Crippen molar-refractivity contribution in [3.8, 4) is 5.75 Å². The molecule has 20 heavy (non-hydrogen) atoms. The first-order valence-corrected chi connectivity index (χ1v) is 6.74. The van der Waals surface area contributed by atoms with E-state index in [2.05, 4.69) is 0 Å². The first-order valence-electron chi connectivity index (χ1n) is 5.59. The molecule has 3 N–H and O–H groups in total. The van der Waals surface area contributed by atoms with Crippen LogP contribution in [0.1, 0.15) is 21.6 Å². The number of carbonyl (C=O) groups is 2. The van der Waals surface area contributed by atoms with Crippen LogP contribution in [0.3, 0.4) is 0 Å². The van der Waals surface area contributed by atoms with Gasteiger partial charge in [0.05, 0.1) is 5.69 Å². The average Bonchev–Trinajstić information content (AvgIpc) is 2.86. The molecule has 1 aromatic rings. The molecule has 1 amide bonds. The molecule has 0 radical (unpaired) electrons. The van der Waals surface area contributed by atoms with Crippen LogP contribution in [0.5, 0.6) is 5.75 Å². The van der Waals surface area contributed by atoms with E-state index in [1.165, 1.54) is 18.9 Å². The molecule has 0 aliphatic carbocycles. The van der Waals surface area contributed by atoms with Gasteiger partial charge in [0.1, 0.15) is 25.0 Å². The largest absolute Gasteiger partial charge is 0.507 e. The highest BCUT2D eigenvalue weighted by atomic mass is 32.2. The van der Waals surface area contributed by atoms with Crippen LogP contribution in [-0.4, -0.2) is 40.5 Å². The summed E-state index contributed by atoms with van der Waals surface area (Å²) in [4.78, 5) is 39.3. The fraction of sp³-hybridized carbons (Fsp3) is 0.364. The number of amides is 1. The third-order valence-electron chi connectivity index (χ3n) is 2.81. The highest BCUT2D eigenvalue weighted by molar-refractivity contribution is 7.98. The van der Waals surface area contributed by atoms with E-state index in [0.29, 0.717) is 22.8 Å². The molecule has 0 saturated heterocycles. The summed E-state index contributed by atoms with van der Waals surface area (Å²) in [5.74, 6) is -1.67. The van der Waals surface area contributed by atoms with Gasteiger partial charge in [0.2, 0.25) is 0 Å². The smallest absolute Gasteiger partial charge is 0.322 e. The lowest BCUT2D eigenvalue weighted by molar-refractivity contribution is -0.135. The summed E-state index contributed by atoms with van der Waals surface area (Å²) < 4.78 is 0.949. The van der Waals surface area contributed by atoms with Crippen LogP contribution in [0.2, 0.25) is 0 Å². The highest BCUT2D eigenvalue weighted by Crippen LogP contribution is 2.35. The number of aliphatic carboxylic acids is 1. The van der Waals surface area contributed by atoms with Gasteiger partial charge in [-0.2, -0.15) is 11.8 Å². The summed E-state index contributed by atoms with van der Waals surface area (Å²) in [6.07, 6.45) is 0. The molecule has 0 unspecified atom stereocenters. The number of nitrogens with zero attached hydrogens (tertiary/aromatic N) is 1. The molecular formula is C11H12N2O6S. The van der Waals surface area contributed by atoms with Gasteiger partial charge in [0.25, 0.3) is 11.5 Å². The number of rotatable bonds is 4. The van der Waals surface area contributed by atoms with E-state index in [-0.39, 0.29) is 0 Å². The van der Waals surface area contributed by atoms with Gasteiger partial charge in [-0.3, -0.25) is 14.4 Å². The topological polar surface area (TPSA) is 118 Å². The first kappa shape index (κ1) is 14.3. The van der Waals surface area contributed by atoms with Gasteiger partial charge in [-0.1, -0.05) is 0 Å². The van der Waals surface area contributed by atoms with Crippen LogP contribution in [0.25, 0.3) is 0 Å². The fourth-order valence-corrected chi connectivity index (χ4v) is 3.02. The van der Waals surface area contributed by atoms with Crippen LogP contribution >= 0.6 is 11.8 Å². The zero-order chi connectivity index (χ0) is 14.9. The van der Waals surface area contributed by atoms with Crippen molar-refractivity contribution in [2.45, 2.75) is 11.5 Å². The number of fused-ring (bicyclic) bond motifs is 1. The van der Waals surface area contributed by atoms with Gasteiger partial charge < -0.3 is 20.4 Å². The molecule has 0 aromatic carbocycles. The number of pyridine rings is 1. The standard InChI is InChI=1S/C11H12N2O6S/c1-19-13-6-4-20-3-5(6)9(16)8(11(13)18)10(17)12-2-7(14)15/h16H,2-4H2,1H3,(H,12,17)(H,14,15). The molecule has 0 saturated carbocycles. The Kier molecular flexibility index (Phi) is 3.89. The fourth-order valence-electron chi connectivity index (χ4n) is 1.92. The minimum Gasteiger partial charge on any atom is -0.507 e. The number of carboxylic acids is 1. The predicted octanol–water partition coefficient (Wildman–Crippen LogP) is -0.827. The summed E-state index contributed by atoms with van der Waals surface area (Å²) >= 11 is 1.47. The zero-order valence-corrected chi connectivity index (χ0v) is 11.3. The molecule has 108 valence electrons. The number of hydrogen-bond acceptors (Lipinski definition) is 6. The lowest BCUT2D eigenvalue weighted by Gasteiger charge is -2.13. The van der Waals surface area contributed by atoms with Crippen molar-refractivity contribution >= 4 is 23.6 Å². The number of carboxylic acid groups (broad SMARTS) is 1. The van der Waals surface area contributed by atoms with Gasteiger partial charge in [-0.05, 0) is 0 Å². The van der Waals surface area contributed by atoms with Crippen LogP contribution in [0.4, 0.5) is 0 Å². The maximum atomic E-state index is 12.1. The number of nitrogens with one attached hydrogen (secondary N) is 1. The van der Waals surface area contributed by atoms with E-state index >= 15 is 0 Å². The highest BCUT2D eigenvalue weighted by Gasteiger charge is 2.29. The maximum Gasteiger partial charge on any atom is 0.322 e. The second-order valence-corrected chi connectivity index (χ2v) is 4.99. The molecule has 1 aliphatic heterocycles. The van der Waals surface area contributed by atoms with Crippen LogP contribution in [-0.2, 0) is 16.3 Å². The van der Waals surface area contributed by atoms with Crippen molar-refractivity contribution in [2.24, 2.45) is 0 Å². The number of aromatic hydroxyl groups is 1. The predicted molar refractivity (Wildman–Crippen MR) is 69.8 cm³/mol. The number of thioether (sulfide) groups is 1. The van der Waals surface area contributed by atoms with Gasteiger partial charge >= 0.3 is 5.97 Å². The summed E-state index contributed by atoms with van der Waals surface area (Å²) in [5.41, 5.74) is -0.352. The first-order chi connectivity index (χ1) is 9.47.